The maximum Gasteiger partial charge on any atom is 0.243 e. The molecule has 0 bridgehead atoms. The molecule has 2 aromatic carbocycles. The second-order valence-electron chi connectivity index (χ2n) is 7.28. The summed E-state index contributed by atoms with van der Waals surface area (Å²) < 4.78 is 28.0. The Balaban J connectivity index is 1.58. The topological polar surface area (TPSA) is 66.5 Å². The van der Waals surface area contributed by atoms with Crippen molar-refractivity contribution in [3.8, 4) is 0 Å². The average molecular weight is 465 g/mol. The van der Waals surface area contributed by atoms with Crippen LogP contribution in [0.4, 0.5) is 0 Å². The highest BCUT2D eigenvalue weighted by Gasteiger charge is 2.32. The molecule has 1 amide bonds. The van der Waals surface area contributed by atoms with E-state index in [1.807, 2.05) is 38.1 Å². The van der Waals surface area contributed by atoms with Gasteiger partial charge in [0.05, 0.1) is 10.9 Å². The van der Waals surface area contributed by atoms with E-state index in [1.54, 1.807) is 24.3 Å². The Kier molecular flexibility index (Phi) is 6.58. The van der Waals surface area contributed by atoms with Crippen LogP contribution in [-0.2, 0) is 14.8 Å². The van der Waals surface area contributed by atoms with E-state index >= 15 is 0 Å². The van der Waals surface area contributed by atoms with Crippen molar-refractivity contribution in [3.05, 3.63) is 64.1 Å². The predicted molar refractivity (Wildman–Crippen MR) is 113 cm³/mol. The number of piperidine rings is 1. The molecule has 1 fully saturated rings. The quantitative estimate of drug-likeness (QED) is 0.725. The smallest absolute Gasteiger partial charge is 0.243 e. The van der Waals surface area contributed by atoms with Crippen LogP contribution >= 0.6 is 15.9 Å². The SMILES string of the molecule is Cc1ccc(S(=O)(=O)N2CCC(C(=O)N[C@@H](C)c3cccc(Br)c3)CC2)cc1. The molecule has 3 rings (SSSR count). The first kappa shape index (κ1) is 21.0. The third-order valence-electron chi connectivity index (χ3n) is 5.19. The van der Waals surface area contributed by atoms with Gasteiger partial charge in [0.1, 0.15) is 0 Å². The fraction of sp³-hybridized carbons (Fsp3) is 0.381. The fourth-order valence-corrected chi connectivity index (χ4v) is 5.29. The summed E-state index contributed by atoms with van der Waals surface area (Å²) in [6.45, 7) is 4.60. The number of hydrogen-bond donors (Lipinski definition) is 1. The lowest BCUT2D eigenvalue weighted by Crippen LogP contribution is -2.43. The van der Waals surface area contributed by atoms with Crippen LogP contribution in [0.25, 0.3) is 0 Å². The van der Waals surface area contributed by atoms with Gasteiger partial charge in [-0.15, -0.1) is 0 Å². The minimum Gasteiger partial charge on any atom is -0.349 e. The van der Waals surface area contributed by atoms with Crippen molar-refractivity contribution in [3.63, 3.8) is 0 Å². The van der Waals surface area contributed by atoms with Gasteiger partial charge in [0.2, 0.25) is 15.9 Å². The van der Waals surface area contributed by atoms with Gasteiger partial charge in [-0.25, -0.2) is 8.42 Å². The first-order valence-electron chi connectivity index (χ1n) is 9.40. The van der Waals surface area contributed by atoms with Gasteiger partial charge in [0, 0.05) is 23.5 Å². The van der Waals surface area contributed by atoms with Crippen molar-refractivity contribution in [2.45, 2.75) is 37.6 Å². The molecular formula is C21H25BrN2O3S. The summed E-state index contributed by atoms with van der Waals surface area (Å²) in [6, 6.07) is 14.6. The molecule has 150 valence electrons. The van der Waals surface area contributed by atoms with Crippen LogP contribution in [0.2, 0.25) is 0 Å². The van der Waals surface area contributed by atoms with Crippen molar-refractivity contribution in [1.29, 1.82) is 0 Å². The molecule has 1 aliphatic heterocycles. The normalized spacial score (nSPS) is 17.2. The van der Waals surface area contributed by atoms with Crippen molar-refractivity contribution in [1.82, 2.24) is 9.62 Å². The molecule has 1 saturated heterocycles. The number of amides is 1. The molecule has 0 spiro atoms. The Hall–Kier alpha value is -1.70. The molecule has 1 heterocycles. The van der Waals surface area contributed by atoms with Crippen LogP contribution in [0.15, 0.2) is 57.9 Å². The highest BCUT2D eigenvalue weighted by Crippen LogP contribution is 2.25. The van der Waals surface area contributed by atoms with Crippen LogP contribution in [0.3, 0.4) is 0 Å². The molecule has 5 nitrogen and oxygen atoms in total. The van der Waals surface area contributed by atoms with Crippen LogP contribution in [-0.4, -0.2) is 31.7 Å². The van der Waals surface area contributed by atoms with Crippen LogP contribution < -0.4 is 5.32 Å². The zero-order chi connectivity index (χ0) is 20.3. The van der Waals surface area contributed by atoms with Gasteiger partial charge in [0.15, 0.2) is 0 Å². The van der Waals surface area contributed by atoms with Gasteiger partial charge in [-0.3, -0.25) is 4.79 Å². The standard InChI is InChI=1S/C21H25BrN2O3S/c1-15-6-8-20(9-7-15)28(26,27)24-12-10-17(11-13-24)21(25)23-16(2)18-4-3-5-19(22)14-18/h3-9,14,16-17H,10-13H2,1-2H3,(H,23,25)/t16-/m0/s1. The fourth-order valence-electron chi connectivity index (χ4n) is 3.41. The lowest BCUT2D eigenvalue weighted by Gasteiger charge is -2.31. The number of halogens is 1. The lowest BCUT2D eigenvalue weighted by molar-refractivity contribution is -0.126. The molecule has 2 aromatic rings. The summed E-state index contributed by atoms with van der Waals surface area (Å²) in [6.07, 6.45) is 1.06. The summed E-state index contributed by atoms with van der Waals surface area (Å²) in [5.74, 6) is -0.182. The van der Waals surface area contributed by atoms with Crippen molar-refractivity contribution in [2.24, 2.45) is 5.92 Å². The molecule has 0 unspecified atom stereocenters. The van der Waals surface area contributed by atoms with E-state index in [-0.39, 0.29) is 17.9 Å². The average Bonchev–Trinajstić information content (AvgIpc) is 2.68. The maximum absolute atomic E-state index is 12.8. The molecule has 1 N–H and O–H groups in total. The van der Waals surface area contributed by atoms with Crippen molar-refractivity contribution in [2.75, 3.05) is 13.1 Å². The molecule has 1 aliphatic rings. The molecule has 7 heteroatoms. The number of carbonyl (C=O) groups excluding carboxylic acids is 1. The Labute approximate surface area is 175 Å². The van der Waals surface area contributed by atoms with Crippen LogP contribution in [0, 0.1) is 12.8 Å². The van der Waals surface area contributed by atoms with Gasteiger partial charge in [-0.2, -0.15) is 4.31 Å². The number of rotatable bonds is 5. The summed E-state index contributed by atoms with van der Waals surface area (Å²) in [7, 11) is -3.50. The Bertz CT molecular complexity index is 936. The third-order valence-corrected chi connectivity index (χ3v) is 7.60. The summed E-state index contributed by atoms with van der Waals surface area (Å²) in [4.78, 5) is 12.9. The highest BCUT2D eigenvalue weighted by atomic mass is 79.9. The Morgan fingerprint density at radius 1 is 1.14 bits per heavy atom. The lowest BCUT2D eigenvalue weighted by atomic mass is 9.96. The summed E-state index contributed by atoms with van der Waals surface area (Å²) in [5, 5.41) is 3.06. The van der Waals surface area contributed by atoms with Gasteiger partial charge < -0.3 is 5.32 Å². The molecule has 0 aliphatic carbocycles. The number of nitrogens with one attached hydrogen (secondary N) is 1. The second kappa shape index (κ2) is 8.76. The Morgan fingerprint density at radius 3 is 2.39 bits per heavy atom. The molecule has 0 radical (unpaired) electrons. The number of nitrogens with zero attached hydrogens (tertiary/aromatic N) is 1. The molecular weight excluding hydrogens is 440 g/mol. The van der Waals surface area contributed by atoms with E-state index in [4.69, 9.17) is 0 Å². The number of hydrogen-bond acceptors (Lipinski definition) is 3. The minimum absolute atomic E-state index is 0.0140. The number of carbonyl (C=O) groups is 1. The predicted octanol–water partition coefficient (Wildman–Crippen LogP) is 4.04. The Morgan fingerprint density at radius 2 is 1.79 bits per heavy atom. The minimum atomic E-state index is -3.50. The largest absolute Gasteiger partial charge is 0.349 e. The van der Waals surface area contributed by atoms with E-state index in [1.165, 1.54) is 4.31 Å². The maximum atomic E-state index is 12.8. The third kappa shape index (κ3) is 4.82. The van der Waals surface area contributed by atoms with Crippen molar-refractivity contribution >= 4 is 31.9 Å². The first-order chi connectivity index (χ1) is 13.3. The van der Waals surface area contributed by atoms with Crippen LogP contribution in [0.1, 0.15) is 36.9 Å². The van der Waals surface area contributed by atoms with E-state index in [0.717, 1.165) is 15.6 Å². The number of aryl methyl sites for hydroxylation is 1. The molecule has 0 saturated carbocycles. The number of sulfonamides is 1. The van der Waals surface area contributed by atoms with E-state index < -0.39 is 10.0 Å². The van der Waals surface area contributed by atoms with Gasteiger partial charge in [-0.1, -0.05) is 45.8 Å². The zero-order valence-electron chi connectivity index (χ0n) is 16.1. The molecule has 1 atom stereocenters. The monoisotopic (exact) mass is 464 g/mol. The van der Waals surface area contributed by atoms with Crippen molar-refractivity contribution < 1.29 is 13.2 Å². The van der Waals surface area contributed by atoms with E-state index in [9.17, 15) is 13.2 Å². The van der Waals surface area contributed by atoms with Crippen LogP contribution in [0.5, 0.6) is 0 Å². The summed E-state index contributed by atoms with van der Waals surface area (Å²) >= 11 is 3.45. The first-order valence-corrected chi connectivity index (χ1v) is 11.6. The van der Waals surface area contributed by atoms with E-state index in [2.05, 4.69) is 21.2 Å². The van der Waals surface area contributed by atoms with Gasteiger partial charge in [-0.05, 0) is 56.5 Å². The highest BCUT2D eigenvalue weighted by molar-refractivity contribution is 9.10. The number of benzene rings is 2. The van der Waals surface area contributed by atoms with Gasteiger partial charge >= 0.3 is 0 Å². The van der Waals surface area contributed by atoms with Gasteiger partial charge in [0.25, 0.3) is 0 Å². The van der Waals surface area contributed by atoms with E-state index in [0.29, 0.717) is 30.8 Å². The summed E-state index contributed by atoms with van der Waals surface area (Å²) in [5.41, 5.74) is 2.05. The second-order valence-corrected chi connectivity index (χ2v) is 10.1. The molecule has 0 aromatic heterocycles. The zero-order valence-corrected chi connectivity index (χ0v) is 18.5. The molecule has 28 heavy (non-hydrogen) atoms.